The highest BCUT2D eigenvalue weighted by Crippen LogP contribution is 2.32. The fraction of sp³-hybridized carbons (Fsp3) is 0.955. The molecule has 2 saturated carbocycles. The smallest absolute Gasteiger partial charge is 0.225 e. The molecule has 6 nitrogen and oxygen atoms in total. The van der Waals surface area contributed by atoms with Crippen molar-refractivity contribution in [3.05, 3.63) is 0 Å². The van der Waals surface area contributed by atoms with Crippen LogP contribution in [0.5, 0.6) is 0 Å². The van der Waals surface area contributed by atoms with Gasteiger partial charge in [0.25, 0.3) is 0 Å². The molecule has 0 aromatic rings. The Hall–Kier alpha value is -0.690. The summed E-state index contributed by atoms with van der Waals surface area (Å²) >= 11 is 0. The number of rotatable bonds is 5. The lowest BCUT2D eigenvalue weighted by Gasteiger charge is -2.40. The fourth-order valence-corrected chi connectivity index (χ4v) is 5.87. The summed E-state index contributed by atoms with van der Waals surface area (Å²) in [6, 6.07) is 0.529. The average Bonchev–Trinajstić information content (AvgIpc) is 3.29. The molecule has 28 heavy (non-hydrogen) atoms. The molecule has 2 aliphatic heterocycles. The van der Waals surface area contributed by atoms with Crippen molar-refractivity contribution in [2.45, 2.75) is 82.6 Å². The standard InChI is InChI=1S/C22H40N4O2/c1-28-20-10-6-16(7-11-20)18-14-23-22(24-15-18)25-19-8-4-17(5-9-19)21(27)26-12-2-3-13-26/h16-20,22-25H,2-15H2,1H3. The molecule has 0 unspecified atom stereocenters. The van der Waals surface area contributed by atoms with Crippen LogP contribution >= 0.6 is 0 Å². The summed E-state index contributed by atoms with van der Waals surface area (Å²) < 4.78 is 5.51. The average molecular weight is 393 g/mol. The first-order chi connectivity index (χ1) is 13.7. The summed E-state index contributed by atoms with van der Waals surface area (Å²) in [6.07, 6.45) is 12.5. The SMILES string of the molecule is COC1CCC(C2CNC(NC3CCC(C(=O)N4CCCC4)CC3)NC2)CC1. The first kappa shape index (κ1) is 20.6. The van der Waals surface area contributed by atoms with E-state index in [1.165, 1.54) is 38.5 Å². The molecule has 0 spiro atoms. The van der Waals surface area contributed by atoms with E-state index in [1.54, 1.807) is 0 Å². The van der Waals surface area contributed by atoms with Gasteiger partial charge in [-0.25, -0.2) is 0 Å². The normalized spacial score (nSPS) is 39.8. The van der Waals surface area contributed by atoms with Crippen LogP contribution in [0.1, 0.15) is 64.2 Å². The predicted molar refractivity (Wildman–Crippen MR) is 111 cm³/mol. The minimum Gasteiger partial charge on any atom is -0.381 e. The second-order valence-corrected chi connectivity index (χ2v) is 9.53. The largest absolute Gasteiger partial charge is 0.381 e. The zero-order valence-corrected chi connectivity index (χ0v) is 17.6. The van der Waals surface area contributed by atoms with Gasteiger partial charge in [0.15, 0.2) is 0 Å². The maximum Gasteiger partial charge on any atom is 0.225 e. The lowest BCUT2D eigenvalue weighted by atomic mass is 9.78. The Bertz CT molecular complexity index is 487. The lowest BCUT2D eigenvalue weighted by Crippen LogP contribution is -2.63. The Labute approximate surface area is 170 Å². The Balaban J connectivity index is 1.14. The molecule has 1 amide bonds. The van der Waals surface area contributed by atoms with Crippen LogP contribution in [0.25, 0.3) is 0 Å². The maximum absolute atomic E-state index is 12.6. The summed E-state index contributed by atoms with van der Waals surface area (Å²) in [5.74, 6) is 2.27. The van der Waals surface area contributed by atoms with Crippen LogP contribution in [-0.4, -0.2) is 62.5 Å². The second-order valence-electron chi connectivity index (χ2n) is 9.53. The predicted octanol–water partition coefficient (Wildman–Crippen LogP) is 2.06. The lowest BCUT2D eigenvalue weighted by molar-refractivity contribution is -0.135. The van der Waals surface area contributed by atoms with Crippen molar-refractivity contribution in [1.82, 2.24) is 20.9 Å². The monoisotopic (exact) mass is 392 g/mol. The highest BCUT2D eigenvalue weighted by atomic mass is 16.5. The van der Waals surface area contributed by atoms with Crippen molar-refractivity contribution >= 4 is 5.91 Å². The minimum absolute atomic E-state index is 0.224. The van der Waals surface area contributed by atoms with Crippen LogP contribution < -0.4 is 16.0 Å². The highest BCUT2D eigenvalue weighted by molar-refractivity contribution is 5.79. The summed E-state index contributed by atoms with van der Waals surface area (Å²) in [4.78, 5) is 14.7. The summed E-state index contributed by atoms with van der Waals surface area (Å²) in [6.45, 7) is 4.19. The molecule has 0 atom stereocenters. The number of carbonyl (C=O) groups is 1. The molecule has 4 rings (SSSR count). The van der Waals surface area contributed by atoms with Crippen LogP contribution in [0.3, 0.4) is 0 Å². The maximum atomic E-state index is 12.6. The third-order valence-corrected chi connectivity index (χ3v) is 7.78. The highest BCUT2D eigenvalue weighted by Gasteiger charge is 2.33. The summed E-state index contributed by atoms with van der Waals surface area (Å²) in [7, 11) is 1.85. The number of ether oxygens (including phenoxy) is 1. The minimum atomic E-state index is 0.224. The van der Waals surface area contributed by atoms with E-state index < -0.39 is 0 Å². The molecular weight excluding hydrogens is 352 g/mol. The van der Waals surface area contributed by atoms with Gasteiger partial charge < -0.3 is 9.64 Å². The zero-order valence-electron chi connectivity index (χ0n) is 17.6. The molecule has 0 radical (unpaired) electrons. The molecule has 160 valence electrons. The van der Waals surface area contributed by atoms with Gasteiger partial charge in [0.2, 0.25) is 5.91 Å². The van der Waals surface area contributed by atoms with Crippen LogP contribution in [0, 0.1) is 17.8 Å². The van der Waals surface area contributed by atoms with E-state index in [4.69, 9.17) is 4.74 Å². The van der Waals surface area contributed by atoms with Gasteiger partial charge in [-0.3, -0.25) is 20.7 Å². The Morgan fingerprint density at radius 1 is 0.893 bits per heavy atom. The van der Waals surface area contributed by atoms with Gasteiger partial charge in [-0.1, -0.05) is 0 Å². The molecule has 0 bridgehead atoms. The van der Waals surface area contributed by atoms with Gasteiger partial charge in [0.05, 0.1) is 6.10 Å². The topological polar surface area (TPSA) is 65.6 Å². The van der Waals surface area contributed by atoms with Gasteiger partial charge in [0.1, 0.15) is 6.29 Å². The van der Waals surface area contributed by atoms with Crippen molar-refractivity contribution < 1.29 is 9.53 Å². The van der Waals surface area contributed by atoms with Crippen LogP contribution in [0.2, 0.25) is 0 Å². The van der Waals surface area contributed by atoms with E-state index in [2.05, 4.69) is 20.9 Å². The molecule has 2 aliphatic carbocycles. The molecule has 2 saturated heterocycles. The van der Waals surface area contributed by atoms with Gasteiger partial charge in [-0.15, -0.1) is 0 Å². The number of nitrogens with zero attached hydrogens (tertiary/aromatic N) is 1. The van der Waals surface area contributed by atoms with Gasteiger partial charge >= 0.3 is 0 Å². The Kier molecular flexibility index (Phi) is 7.26. The van der Waals surface area contributed by atoms with E-state index in [1.807, 2.05) is 7.11 Å². The quantitative estimate of drug-likeness (QED) is 0.668. The molecule has 4 fully saturated rings. The molecule has 3 N–H and O–H groups in total. The van der Waals surface area contributed by atoms with Crippen molar-refractivity contribution in [3.63, 3.8) is 0 Å². The summed E-state index contributed by atoms with van der Waals surface area (Å²) in [5.41, 5.74) is 0. The summed E-state index contributed by atoms with van der Waals surface area (Å²) in [5, 5.41) is 11.1. The number of amides is 1. The van der Waals surface area contributed by atoms with Crippen molar-refractivity contribution in [2.24, 2.45) is 17.8 Å². The van der Waals surface area contributed by atoms with Crippen molar-refractivity contribution in [1.29, 1.82) is 0 Å². The van der Waals surface area contributed by atoms with Crippen molar-refractivity contribution in [3.8, 4) is 0 Å². The first-order valence-corrected chi connectivity index (χ1v) is 11.8. The number of carbonyl (C=O) groups excluding carboxylic acids is 1. The van der Waals surface area contributed by atoms with Gasteiger partial charge in [-0.05, 0) is 76.0 Å². The van der Waals surface area contributed by atoms with Crippen LogP contribution in [0.15, 0.2) is 0 Å². The molecule has 6 heteroatoms. The fourth-order valence-electron chi connectivity index (χ4n) is 5.87. The number of hydrogen-bond donors (Lipinski definition) is 3. The van der Waals surface area contributed by atoms with Crippen molar-refractivity contribution in [2.75, 3.05) is 33.3 Å². The van der Waals surface area contributed by atoms with Crippen LogP contribution in [0.4, 0.5) is 0 Å². The molecule has 0 aromatic heterocycles. The zero-order chi connectivity index (χ0) is 19.3. The van der Waals surface area contributed by atoms with E-state index >= 15 is 0 Å². The number of likely N-dealkylation sites (tertiary alicyclic amines) is 1. The van der Waals surface area contributed by atoms with Crippen LogP contribution in [-0.2, 0) is 9.53 Å². The van der Waals surface area contributed by atoms with Gasteiger partial charge in [-0.2, -0.15) is 0 Å². The van der Waals surface area contributed by atoms with E-state index in [0.29, 0.717) is 18.1 Å². The Morgan fingerprint density at radius 2 is 1.54 bits per heavy atom. The third-order valence-electron chi connectivity index (χ3n) is 7.78. The van der Waals surface area contributed by atoms with E-state index in [0.717, 1.165) is 63.7 Å². The number of hydrogen-bond acceptors (Lipinski definition) is 5. The Morgan fingerprint density at radius 3 is 2.14 bits per heavy atom. The van der Waals surface area contributed by atoms with E-state index in [9.17, 15) is 4.79 Å². The first-order valence-electron chi connectivity index (χ1n) is 11.8. The number of nitrogens with one attached hydrogen (secondary N) is 3. The third kappa shape index (κ3) is 5.07. The second kappa shape index (κ2) is 9.88. The van der Waals surface area contributed by atoms with Gasteiger partial charge in [0, 0.05) is 45.2 Å². The molecule has 0 aromatic carbocycles. The molecule has 4 aliphatic rings. The molecule has 2 heterocycles. The number of methoxy groups -OCH3 is 1. The molecular formula is C22H40N4O2. The van der Waals surface area contributed by atoms with E-state index in [-0.39, 0.29) is 12.2 Å².